The summed E-state index contributed by atoms with van der Waals surface area (Å²) in [6.07, 6.45) is 4.15. The van der Waals surface area contributed by atoms with Crippen molar-refractivity contribution in [1.29, 1.82) is 0 Å². The minimum absolute atomic E-state index is 0.792. The number of hydrogen-bond donors (Lipinski definition) is 0. The number of para-hydroxylation sites is 2. The molecule has 0 fully saturated rings. The molecule has 2 aromatic heterocycles. The molecule has 0 N–H and O–H groups in total. The van der Waals surface area contributed by atoms with E-state index in [0.29, 0.717) is 0 Å². The normalized spacial score (nSPS) is 13.2. The molecular formula is C32H26N4OS. The number of nitrogens with zero attached hydrogens (tertiary/aromatic N) is 4. The number of thiazole rings is 1. The third-order valence-corrected chi connectivity index (χ3v) is 8.09. The average molecular weight is 515 g/mol. The molecule has 5 nitrogen and oxygen atoms in total. The highest BCUT2D eigenvalue weighted by Crippen LogP contribution is 2.38. The lowest BCUT2D eigenvalue weighted by atomic mass is 10.2. The van der Waals surface area contributed by atoms with E-state index in [1.54, 1.807) is 11.3 Å². The first-order valence-electron chi connectivity index (χ1n) is 12.6. The molecule has 6 aromatic rings. The van der Waals surface area contributed by atoms with Gasteiger partial charge in [-0.3, -0.25) is 4.57 Å². The fourth-order valence-corrected chi connectivity index (χ4v) is 6.20. The van der Waals surface area contributed by atoms with Gasteiger partial charge < -0.3 is 14.5 Å². The first-order chi connectivity index (χ1) is 18.6. The smallest absolute Gasteiger partial charge is 0.129 e. The predicted octanol–water partition coefficient (Wildman–Crippen LogP) is 8.19. The quantitative estimate of drug-likeness (QED) is 0.232. The minimum atomic E-state index is 0.792. The zero-order chi connectivity index (χ0) is 25.6. The summed E-state index contributed by atoms with van der Waals surface area (Å²) in [7, 11) is 2.06. The van der Waals surface area contributed by atoms with E-state index in [2.05, 4.69) is 114 Å². The molecule has 1 aliphatic heterocycles. The predicted molar refractivity (Wildman–Crippen MR) is 157 cm³/mol. The number of anilines is 1. The SMILES string of the molecule is Cc1nc(-c2cccc(Oc3cccc(N4C=CN(C)C4)c3)c2)sc1-n1c2ccccc2c2ccccc21. The van der Waals surface area contributed by atoms with E-state index in [1.807, 2.05) is 24.3 Å². The number of hydrogen-bond acceptors (Lipinski definition) is 5. The van der Waals surface area contributed by atoms with E-state index in [1.165, 1.54) is 21.8 Å². The van der Waals surface area contributed by atoms with Crippen LogP contribution in [0.4, 0.5) is 5.69 Å². The zero-order valence-electron chi connectivity index (χ0n) is 21.2. The molecule has 38 heavy (non-hydrogen) atoms. The second-order valence-electron chi connectivity index (χ2n) is 9.57. The van der Waals surface area contributed by atoms with Gasteiger partial charge in [-0.15, -0.1) is 0 Å². The number of aromatic nitrogens is 2. The number of fused-ring (bicyclic) bond motifs is 3. The largest absolute Gasteiger partial charge is 0.457 e. The summed E-state index contributed by atoms with van der Waals surface area (Å²) in [5, 5.41) is 4.63. The summed E-state index contributed by atoms with van der Waals surface area (Å²) in [6, 6.07) is 33.6. The number of rotatable bonds is 5. The molecule has 0 aliphatic carbocycles. The molecule has 3 heterocycles. The van der Waals surface area contributed by atoms with Crippen LogP contribution in [0.3, 0.4) is 0 Å². The molecule has 0 unspecified atom stereocenters. The van der Waals surface area contributed by atoms with Crippen LogP contribution in [0.5, 0.6) is 11.5 Å². The fourth-order valence-electron chi connectivity index (χ4n) is 5.11. The Balaban J connectivity index is 1.23. The molecule has 0 atom stereocenters. The Hall–Kier alpha value is -4.55. The Morgan fingerprint density at radius 3 is 2.16 bits per heavy atom. The Bertz CT molecular complexity index is 1780. The average Bonchev–Trinajstić information content (AvgIpc) is 3.64. The van der Waals surface area contributed by atoms with E-state index in [9.17, 15) is 0 Å². The number of benzene rings is 4. The maximum Gasteiger partial charge on any atom is 0.129 e. The van der Waals surface area contributed by atoms with Crippen molar-refractivity contribution in [3.8, 4) is 27.1 Å². The van der Waals surface area contributed by atoms with Crippen LogP contribution >= 0.6 is 11.3 Å². The van der Waals surface area contributed by atoms with Crippen molar-refractivity contribution in [3.63, 3.8) is 0 Å². The van der Waals surface area contributed by atoms with Gasteiger partial charge in [0.2, 0.25) is 0 Å². The van der Waals surface area contributed by atoms with Gasteiger partial charge in [0, 0.05) is 47.5 Å². The van der Waals surface area contributed by atoms with Crippen LogP contribution in [0.1, 0.15) is 5.69 Å². The summed E-state index contributed by atoms with van der Waals surface area (Å²) in [5.41, 5.74) is 5.55. The van der Waals surface area contributed by atoms with E-state index in [4.69, 9.17) is 9.72 Å². The highest BCUT2D eigenvalue weighted by molar-refractivity contribution is 7.17. The van der Waals surface area contributed by atoms with Gasteiger partial charge in [-0.2, -0.15) is 0 Å². The lowest BCUT2D eigenvalue weighted by molar-refractivity contribution is 0.481. The third-order valence-electron chi connectivity index (χ3n) is 6.90. The van der Waals surface area contributed by atoms with Crippen molar-refractivity contribution in [2.75, 3.05) is 18.6 Å². The highest BCUT2D eigenvalue weighted by atomic mass is 32.1. The van der Waals surface area contributed by atoms with Gasteiger partial charge in [-0.05, 0) is 43.3 Å². The van der Waals surface area contributed by atoms with Gasteiger partial charge >= 0.3 is 0 Å². The molecule has 6 heteroatoms. The van der Waals surface area contributed by atoms with Crippen molar-refractivity contribution in [3.05, 3.63) is 115 Å². The molecule has 4 aromatic carbocycles. The van der Waals surface area contributed by atoms with E-state index >= 15 is 0 Å². The molecule has 0 saturated carbocycles. The monoisotopic (exact) mass is 514 g/mol. The van der Waals surface area contributed by atoms with Gasteiger partial charge in [-0.25, -0.2) is 4.98 Å². The summed E-state index contributed by atoms with van der Waals surface area (Å²) < 4.78 is 8.64. The molecule has 0 radical (unpaired) electrons. The molecule has 1 aliphatic rings. The second-order valence-corrected chi connectivity index (χ2v) is 10.6. The Morgan fingerprint density at radius 2 is 1.45 bits per heavy atom. The summed E-state index contributed by atoms with van der Waals surface area (Å²) in [6.45, 7) is 2.92. The van der Waals surface area contributed by atoms with Crippen LogP contribution in [-0.2, 0) is 0 Å². The van der Waals surface area contributed by atoms with Crippen LogP contribution in [-0.4, -0.2) is 28.2 Å². The summed E-state index contributed by atoms with van der Waals surface area (Å²) >= 11 is 1.71. The lowest BCUT2D eigenvalue weighted by Gasteiger charge is -2.19. The second kappa shape index (κ2) is 9.08. The molecule has 0 spiro atoms. The topological polar surface area (TPSA) is 33.5 Å². The first kappa shape index (κ1) is 22.6. The van der Waals surface area contributed by atoms with Crippen molar-refractivity contribution in [2.45, 2.75) is 6.92 Å². The molecule has 0 saturated heterocycles. The zero-order valence-corrected chi connectivity index (χ0v) is 22.0. The molecule has 0 bridgehead atoms. The van der Waals surface area contributed by atoms with Crippen LogP contribution in [0, 0.1) is 6.92 Å². The third kappa shape index (κ3) is 3.90. The lowest BCUT2D eigenvalue weighted by Crippen LogP contribution is -2.21. The van der Waals surface area contributed by atoms with Gasteiger partial charge in [-0.1, -0.05) is 65.9 Å². The van der Waals surface area contributed by atoms with Crippen molar-refractivity contribution in [1.82, 2.24) is 14.5 Å². The van der Waals surface area contributed by atoms with Crippen LogP contribution in [0.25, 0.3) is 37.4 Å². The van der Waals surface area contributed by atoms with E-state index in [0.717, 1.165) is 45.1 Å². The maximum atomic E-state index is 6.30. The Morgan fingerprint density at radius 1 is 0.763 bits per heavy atom. The van der Waals surface area contributed by atoms with E-state index < -0.39 is 0 Å². The van der Waals surface area contributed by atoms with Crippen LogP contribution < -0.4 is 9.64 Å². The van der Waals surface area contributed by atoms with Gasteiger partial charge in [0.1, 0.15) is 21.5 Å². The molecule has 7 rings (SSSR count). The van der Waals surface area contributed by atoms with Crippen molar-refractivity contribution < 1.29 is 4.74 Å². The highest BCUT2D eigenvalue weighted by Gasteiger charge is 2.18. The number of ether oxygens (including phenoxy) is 1. The first-order valence-corrected chi connectivity index (χ1v) is 13.5. The van der Waals surface area contributed by atoms with Crippen molar-refractivity contribution in [2.24, 2.45) is 0 Å². The number of aryl methyl sites for hydroxylation is 1. The standard InChI is InChI=1S/C32H26N4OS/c1-22-32(36-29-15-5-3-13-27(29)28-14-4-6-16-30(28)36)38-31(33-22)23-9-7-11-25(19-23)37-26-12-8-10-24(20-26)35-18-17-34(2)21-35/h3-20H,21H2,1-2H3. The van der Waals surface area contributed by atoms with E-state index in [-0.39, 0.29) is 0 Å². The van der Waals surface area contributed by atoms with Crippen LogP contribution in [0.2, 0.25) is 0 Å². The fraction of sp³-hybridized carbons (Fsp3) is 0.0938. The summed E-state index contributed by atoms with van der Waals surface area (Å²) in [4.78, 5) is 9.33. The Labute approximate surface area is 225 Å². The van der Waals surface area contributed by atoms with Gasteiger partial charge in [0.25, 0.3) is 0 Å². The van der Waals surface area contributed by atoms with Crippen LogP contribution in [0.15, 0.2) is 109 Å². The molecule has 186 valence electrons. The maximum absolute atomic E-state index is 6.30. The summed E-state index contributed by atoms with van der Waals surface area (Å²) in [5.74, 6) is 1.60. The minimum Gasteiger partial charge on any atom is -0.457 e. The van der Waals surface area contributed by atoms with Crippen molar-refractivity contribution >= 4 is 38.8 Å². The van der Waals surface area contributed by atoms with Gasteiger partial charge in [0.15, 0.2) is 0 Å². The molecule has 0 amide bonds. The van der Waals surface area contributed by atoms with Gasteiger partial charge in [0.05, 0.1) is 23.4 Å². The Kier molecular flexibility index (Phi) is 5.41. The molecular weight excluding hydrogens is 488 g/mol.